The molecule has 0 amide bonds. The van der Waals surface area contributed by atoms with Crippen molar-refractivity contribution in [2.45, 2.75) is 46.0 Å². The highest BCUT2D eigenvalue weighted by atomic mass is 32.1. The summed E-state index contributed by atoms with van der Waals surface area (Å²) < 4.78 is 0. The molecule has 15 heavy (non-hydrogen) atoms. The molecule has 0 aromatic carbocycles. The van der Waals surface area contributed by atoms with Gasteiger partial charge >= 0.3 is 5.97 Å². The first-order chi connectivity index (χ1) is 6.84. The van der Waals surface area contributed by atoms with Crippen molar-refractivity contribution in [2.75, 3.05) is 0 Å². The van der Waals surface area contributed by atoms with Crippen molar-refractivity contribution in [1.29, 1.82) is 0 Å². The van der Waals surface area contributed by atoms with Crippen LogP contribution < -0.4 is 0 Å². The molecule has 1 aromatic heterocycles. The minimum absolute atomic E-state index is 0.00530. The van der Waals surface area contributed by atoms with E-state index in [-0.39, 0.29) is 11.8 Å². The topological polar surface area (TPSA) is 50.2 Å². The molecule has 4 heteroatoms. The Morgan fingerprint density at radius 2 is 2.07 bits per heavy atom. The van der Waals surface area contributed by atoms with Crippen LogP contribution in [0.5, 0.6) is 0 Å². The van der Waals surface area contributed by atoms with E-state index in [1.165, 1.54) is 11.3 Å². The van der Waals surface area contributed by atoms with Gasteiger partial charge in [0.05, 0.1) is 17.1 Å². The molecule has 0 aliphatic heterocycles. The smallest absolute Gasteiger partial charge is 0.308 e. The molecule has 3 nitrogen and oxygen atoms in total. The van der Waals surface area contributed by atoms with Crippen LogP contribution in [0.2, 0.25) is 0 Å². The standard InChI is InChI=1S/C11H17NO2S/c1-5-7-8(6-9(13)14)15-10(12-7)11(2,3)4/h5-6H2,1-4H3,(H,13,14). The van der Waals surface area contributed by atoms with Gasteiger partial charge in [-0.15, -0.1) is 11.3 Å². The Bertz CT molecular complexity index is 363. The fourth-order valence-corrected chi connectivity index (χ4v) is 2.45. The predicted octanol–water partition coefficient (Wildman–Crippen LogP) is 2.63. The van der Waals surface area contributed by atoms with Crippen LogP contribution in [0.15, 0.2) is 0 Å². The number of aryl methyl sites for hydroxylation is 1. The van der Waals surface area contributed by atoms with Gasteiger partial charge in [-0.3, -0.25) is 4.79 Å². The number of rotatable bonds is 3. The Morgan fingerprint density at radius 3 is 2.47 bits per heavy atom. The number of hydrogen-bond acceptors (Lipinski definition) is 3. The van der Waals surface area contributed by atoms with E-state index in [1.807, 2.05) is 6.92 Å². The van der Waals surface area contributed by atoms with Crippen LogP contribution in [0, 0.1) is 0 Å². The summed E-state index contributed by atoms with van der Waals surface area (Å²) in [6, 6.07) is 0. The van der Waals surface area contributed by atoms with E-state index in [2.05, 4.69) is 25.8 Å². The average Bonchev–Trinajstić information content (AvgIpc) is 2.45. The molecule has 0 bridgehead atoms. The summed E-state index contributed by atoms with van der Waals surface area (Å²) in [7, 11) is 0. The van der Waals surface area contributed by atoms with Gasteiger partial charge in [-0.05, 0) is 6.42 Å². The summed E-state index contributed by atoms with van der Waals surface area (Å²) in [5.74, 6) is -0.784. The second-order valence-corrected chi connectivity index (χ2v) is 5.65. The van der Waals surface area contributed by atoms with E-state index in [1.54, 1.807) is 0 Å². The minimum Gasteiger partial charge on any atom is -0.481 e. The molecular weight excluding hydrogens is 210 g/mol. The third kappa shape index (κ3) is 3.02. The molecule has 0 radical (unpaired) electrons. The zero-order valence-corrected chi connectivity index (χ0v) is 10.4. The fourth-order valence-electron chi connectivity index (χ4n) is 1.26. The molecule has 1 heterocycles. The lowest BCUT2D eigenvalue weighted by Gasteiger charge is -2.13. The average molecular weight is 227 g/mol. The maximum atomic E-state index is 10.7. The van der Waals surface area contributed by atoms with Gasteiger partial charge in [-0.25, -0.2) is 4.98 Å². The lowest BCUT2D eigenvalue weighted by molar-refractivity contribution is -0.136. The number of carbonyl (C=O) groups is 1. The maximum Gasteiger partial charge on any atom is 0.308 e. The molecule has 1 N–H and O–H groups in total. The quantitative estimate of drug-likeness (QED) is 0.863. The fraction of sp³-hybridized carbons (Fsp3) is 0.636. The van der Waals surface area contributed by atoms with E-state index in [0.717, 1.165) is 22.0 Å². The first kappa shape index (κ1) is 12.2. The van der Waals surface area contributed by atoms with Crippen LogP contribution in [-0.2, 0) is 23.1 Å². The van der Waals surface area contributed by atoms with E-state index >= 15 is 0 Å². The zero-order valence-electron chi connectivity index (χ0n) is 9.63. The lowest BCUT2D eigenvalue weighted by Crippen LogP contribution is -2.10. The first-order valence-corrected chi connectivity index (χ1v) is 5.87. The van der Waals surface area contributed by atoms with E-state index in [9.17, 15) is 4.79 Å². The van der Waals surface area contributed by atoms with E-state index in [0.29, 0.717) is 0 Å². The largest absolute Gasteiger partial charge is 0.481 e. The van der Waals surface area contributed by atoms with Crippen molar-refractivity contribution in [3.63, 3.8) is 0 Å². The molecule has 0 aliphatic rings. The molecule has 1 rings (SSSR count). The Balaban J connectivity index is 3.06. The third-order valence-electron chi connectivity index (χ3n) is 2.07. The summed E-state index contributed by atoms with van der Waals surface area (Å²) >= 11 is 1.53. The number of nitrogens with zero attached hydrogens (tertiary/aromatic N) is 1. The monoisotopic (exact) mass is 227 g/mol. The van der Waals surface area contributed by atoms with Crippen LogP contribution in [0.1, 0.15) is 43.3 Å². The number of aromatic nitrogens is 1. The molecule has 1 aromatic rings. The van der Waals surface area contributed by atoms with Crippen molar-refractivity contribution in [1.82, 2.24) is 4.98 Å². The second kappa shape index (κ2) is 4.31. The predicted molar refractivity (Wildman–Crippen MR) is 61.5 cm³/mol. The highest BCUT2D eigenvalue weighted by Crippen LogP contribution is 2.29. The van der Waals surface area contributed by atoms with E-state index < -0.39 is 5.97 Å². The third-order valence-corrected chi connectivity index (χ3v) is 3.59. The lowest BCUT2D eigenvalue weighted by atomic mass is 9.98. The van der Waals surface area contributed by atoms with Gasteiger partial charge in [0, 0.05) is 10.3 Å². The maximum absolute atomic E-state index is 10.7. The molecule has 84 valence electrons. The van der Waals surface area contributed by atoms with Crippen LogP contribution in [-0.4, -0.2) is 16.1 Å². The van der Waals surface area contributed by atoms with Crippen molar-refractivity contribution in [3.8, 4) is 0 Å². The Kier molecular flexibility index (Phi) is 3.50. The van der Waals surface area contributed by atoms with E-state index in [4.69, 9.17) is 5.11 Å². The SMILES string of the molecule is CCc1nc(C(C)(C)C)sc1CC(=O)O. The summed E-state index contributed by atoms with van der Waals surface area (Å²) in [6.07, 6.45) is 0.895. The van der Waals surface area contributed by atoms with Crippen LogP contribution in [0.25, 0.3) is 0 Å². The molecule has 0 aliphatic carbocycles. The van der Waals surface area contributed by atoms with Gasteiger partial charge in [-0.1, -0.05) is 27.7 Å². The molecule has 0 saturated carbocycles. The highest BCUT2D eigenvalue weighted by Gasteiger charge is 2.21. The molecule has 0 spiro atoms. The number of aliphatic carboxylic acids is 1. The van der Waals surface area contributed by atoms with Crippen LogP contribution >= 0.6 is 11.3 Å². The molecular formula is C11H17NO2S. The van der Waals surface area contributed by atoms with Gasteiger partial charge in [0.15, 0.2) is 0 Å². The molecule has 0 unspecified atom stereocenters. The summed E-state index contributed by atoms with van der Waals surface area (Å²) in [4.78, 5) is 16.1. The second-order valence-electron chi connectivity index (χ2n) is 4.56. The number of carboxylic acids is 1. The van der Waals surface area contributed by atoms with Crippen molar-refractivity contribution in [2.24, 2.45) is 0 Å². The Morgan fingerprint density at radius 1 is 1.47 bits per heavy atom. The van der Waals surface area contributed by atoms with Crippen LogP contribution in [0.4, 0.5) is 0 Å². The van der Waals surface area contributed by atoms with Gasteiger partial charge in [0.2, 0.25) is 0 Å². The Labute approximate surface area is 94.2 Å². The zero-order chi connectivity index (χ0) is 11.6. The van der Waals surface area contributed by atoms with Crippen molar-refractivity contribution in [3.05, 3.63) is 15.6 Å². The first-order valence-electron chi connectivity index (χ1n) is 5.05. The molecule has 0 saturated heterocycles. The normalized spacial score (nSPS) is 11.7. The van der Waals surface area contributed by atoms with Crippen LogP contribution in [0.3, 0.4) is 0 Å². The molecule has 0 atom stereocenters. The van der Waals surface area contributed by atoms with Gasteiger partial charge in [0.1, 0.15) is 0 Å². The number of thiazole rings is 1. The Hall–Kier alpha value is -0.900. The van der Waals surface area contributed by atoms with Gasteiger partial charge in [-0.2, -0.15) is 0 Å². The van der Waals surface area contributed by atoms with Crippen molar-refractivity contribution < 1.29 is 9.90 Å². The number of hydrogen-bond donors (Lipinski definition) is 1. The molecule has 0 fully saturated rings. The summed E-state index contributed by atoms with van der Waals surface area (Å²) in [6.45, 7) is 8.29. The van der Waals surface area contributed by atoms with Gasteiger partial charge in [0.25, 0.3) is 0 Å². The minimum atomic E-state index is -0.784. The summed E-state index contributed by atoms with van der Waals surface area (Å²) in [5.41, 5.74) is 0.943. The van der Waals surface area contributed by atoms with Gasteiger partial charge < -0.3 is 5.11 Å². The number of carboxylic acid groups (broad SMARTS) is 1. The highest BCUT2D eigenvalue weighted by molar-refractivity contribution is 7.12. The summed E-state index contributed by atoms with van der Waals surface area (Å²) in [5, 5.41) is 9.80. The van der Waals surface area contributed by atoms with Crippen molar-refractivity contribution >= 4 is 17.3 Å².